The molecule has 1 aromatic carbocycles. The van der Waals surface area contributed by atoms with E-state index in [1.807, 2.05) is 0 Å². The van der Waals surface area contributed by atoms with Gasteiger partial charge in [-0.25, -0.2) is 4.98 Å². The Morgan fingerprint density at radius 2 is 2.10 bits per heavy atom. The molecule has 0 saturated heterocycles. The van der Waals surface area contributed by atoms with Crippen LogP contribution in [0, 0.1) is 0 Å². The zero-order valence-corrected chi connectivity index (χ0v) is 11.3. The Labute approximate surface area is 121 Å². The van der Waals surface area contributed by atoms with Crippen molar-refractivity contribution in [1.29, 1.82) is 0 Å². The minimum absolute atomic E-state index is 0.0845. The number of amidine groups is 1. The number of oxime groups is 1. The highest BCUT2D eigenvalue weighted by atomic mass is 16.5. The van der Waals surface area contributed by atoms with Crippen molar-refractivity contribution in [3.63, 3.8) is 0 Å². The zero-order valence-electron chi connectivity index (χ0n) is 11.3. The van der Waals surface area contributed by atoms with Crippen LogP contribution in [0.25, 0.3) is 0 Å². The van der Waals surface area contributed by atoms with Crippen LogP contribution in [0.2, 0.25) is 0 Å². The Balaban J connectivity index is 2.23. The van der Waals surface area contributed by atoms with Gasteiger partial charge in [0.05, 0.1) is 18.4 Å². The monoisotopic (exact) mass is 286 g/mol. The van der Waals surface area contributed by atoms with E-state index in [-0.39, 0.29) is 11.7 Å². The molecule has 0 bridgehead atoms. The van der Waals surface area contributed by atoms with E-state index in [1.165, 1.54) is 13.3 Å². The molecule has 1 aromatic heterocycles. The maximum atomic E-state index is 12.1. The number of amides is 1. The first-order chi connectivity index (χ1) is 10.2. The van der Waals surface area contributed by atoms with Crippen molar-refractivity contribution >= 4 is 17.4 Å². The van der Waals surface area contributed by atoms with Gasteiger partial charge in [-0.1, -0.05) is 17.3 Å². The maximum Gasteiger partial charge on any atom is 0.257 e. The molecule has 108 valence electrons. The van der Waals surface area contributed by atoms with Gasteiger partial charge in [0.1, 0.15) is 0 Å². The van der Waals surface area contributed by atoms with Crippen molar-refractivity contribution in [1.82, 2.24) is 4.98 Å². The van der Waals surface area contributed by atoms with Gasteiger partial charge in [-0.05, 0) is 18.2 Å². The van der Waals surface area contributed by atoms with Crippen LogP contribution in [-0.2, 0) is 0 Å². The smallest absolute Gasteiger partial charge is 0.257 e. The SMILES string of the molecule is COc1ccc(C(=O)Nc2ccccc2C(N)=NO)cn1. The lowest BCUT2D eigenvalue weighted by atomic mass is 10.1. The number of carbonyl (C=O) groups excluding carboxylic acids is 1. The highest BCUT2D eigenvalue weighted by molar-refractivity contribution is 6.09. The third kappa shape index (κ3) is 3.27. The second-order valence-corrected chi connectivity index (χ2v) is 4.07. The number of ether oxygens (including phenoxy) is 1. The standard InChI is InChI=1S/C14H14N4O3/c1-21-12-7-6-9(8-16-12)14(19)17-11-5-3-2-4-10(11)13(15)18-20/h2-8,20H,1H3,(H2,15,18)(H,17,19). The van der Waals surface area contributed by atoms with Crippen LogP contribution in [0.5, 0.6) is 5.88 Å². The number of pyridine rings is 1. The quantitative estimate of drug-likeness (QED) is 0.341. The molecular weight excluding hydrogens is 272 g/mol. The summed E-state index contributed by atoms with van der Waals surface area (Å²) in [7, 11) is 1.50. The summed E-state index contributed by atoms with van der Waals surface area (Å²) in [5.41, 5.74) is 6.80. The summed E-state index contributed by atoms with van der Waals surface area (Å²) in [4.78, 5) is 16.1. The molecule has 2 rings (SSSR count). The lowest BCUT2D eigenvalue weighted by Crippen LogP contribution is -2.19. The van der Waals surface area contributed by atoms with Crippen LogP contribution in [0.4, 0.5) is 5.69 Å². The van der Waals surface area contributed by atoms with Crippen LogP contribution in [0.3, 0.4) is 0 Å². The fraction of sp³-hybridized carbons (Fsp3) is 0.0714. The number of hydrogen-bond acceptors (Lipinski definition) is 5. The minimum Gasteiger partial charge on any atom is -0.481 e. The number of nitrogens with one attached hydrogen (secondary N) is 1. The van der Waals surface area contributed by atoms with Crippen molar-refractivity contribution in [2.45, 2.75) is 0 Å². The van der Waals surface area contributed by atoms with Crippen LogP contribution < -0.4 is 15.8 Å². The Kier molecular flexibility index (Phi) is 4.35. The lowest BCUT2D eigenvalue weighted by molar-refractivity contribution is 0.102. The topological polar surface area (TPSA) is 110 Å². The molecule has 0 atom stereocenters. The normalized spacial score (nSPS) is 11.0. The molecule has 0 fully saturated rings. The molecule has 0 saturated carbocycles. The van der Waals surface area contributed by atoms with Crippen molar-refractivity contribution in [3.05, 3.63) is 53.7 Å². The van der Waals surface area contributed by atoms with E-state index in [9.17, 15) is 4.79 Å². The first-order valence-corrected chi connectivity index (χ1v) is 6.04. The minimum atomic E-state index is -0.358. The molecule has 21 heavy (non-hydrogen) atoms. The molecule has 1 amide bonds. The largest absolute Gasteiger partial charge is 0.481 e. The van der Waals surface area contributed by atoms with Gasteiger partial charge in [-0.15, -0.1) is 0 Å². The summed E-state index contributed by atoms with van der Waals surface area (Å²) in [5.74, 6) is -0.0225. The number of nitrogens with zero attached hydrogens (tertiary/aromatic N) is 2. The number of carbonyl (C=O) groups is 1. The van der Waals surface area contributed by atoms with Crippen LogP contribution in [0.1, 0.15) is 15.9 Å². The highest BCUT2D eigenvalue weighted by Crippen LogP contribution is 2.16. The Morgan fingerprint density at radius 1 is 1.33 bits per heavy atom. The second kappa shape index (κ2) is 6.38. The molecule has 4 N–H and O–H groups in total. The fourth-order valence-corrected chi connectivity index (χ4v) is 1.70. The third-order valence-corrected chi connectivity index (χ3v) is 2.77. The van der Waals surface area contributed by atoms with Gasteiger partial charge in [0, 0.05) is 17.8 Å². The van der Waals surface area contributed by atoms with Crippen LogP contribution in [-0.4, -0.2) is 29.0 Å². The average molecular weight is 286 g/mol. The van der Waals surface area contributed by atoms with E-state index in [4.69, 9.17) is 15.7 Å². The molecule has 0 aliphatic heterocycles. The predicted octanol–water partition coefficient (Wildman–Crippen LogP) is 1.44. The number of para-hydroxylation sites is 1. The van der Waals surface area contributed by atoms with E-state index in [2.05, 4.69) is 15.5 Å². The average Bonchev–Trinajstić information content (AvgIpc) is 2.54. The van der Waals surface area contributed by atoms with Crippen molar-refractivity contribution in [2.24, 2.45) is 10.9 Å². The highest BCUT2D eigenvalue weighted by Gasteiger charge is 2.11. The van der Waals surface area contributed by atoms with Gasteiger partial charge in [0.25, 0.3) is 5.91 Å². The molecule has 7 heteroatoms. The van der Waals surface area contributed by atoms with E-state index >= 15 is 0 Å². The first kappa shape index (κ1) is 14.3. The number of nitrogens with two attached hydrogens (primary N) is 1. The maximum absolute atomic E-state index is 12.1. The third-order valence-electron chi connectivity index (χ3n) is 2.77. The molecule has 0 radical (unpaired) electrons. The second-order valence-electron chi connectivity index (χ2n) is 4.07. The van der Waals surface area contributed by atoms with E-state index < -0.39 is 0 Å². The lowest BCUT2D eigenvalue weighted by Gasteiger charge is -2.10. The van der Waals surface area contributed by atoms with Gasteiger partial charge in [0.15, 0.2) is 5.84 Å². The van der Waals surface area contributed by atoms with Gasteiger partial charge >= 0.3 is 0 Å². The summed E-state index contributed by atoms with van der Waals surface area (Å²) in [6.07, 6.45) is 1.40. The summed E-state index contributed by atoms with van der Waals surface area (Å²) >= 11 is 0. The van der Waals surface area contributed by atoms with Gasteiger partial charge in [-0.3, -0.25) is 4.79 Å². The van der Waals surface area contributed by atoms with E-state index in [0.717, 1.165) is 0 Å². The molecular formula is C14H14N4O3. The van der Waals surface area contributed by atoms with Gasteiger partial charge < -0.3 is 21.0 Å². The Bertz CT molecular complexity index is 668. The van der Waals surface area contributed by atoms with Gasteiger partial charge in [-0.2, -0.15) is 0 Å². The van der Waals surface area contributed by atoms with E-state index in [0.29, 0.717) is 22.7 Å². The molecule has 0 aliphatic rings. The number of aromatic nitrogens is 1. The number of benzene rings is 1. The Morgan fingerprint density at radius 3 is 2.71 bits per heavy atom. The summed E-state index contributed by atoms with van der Waals surface area (Å²) in [5, 5.41) is 14.4. The molecule has 0 aliphatic carbocycles. The van der Waals surface area contributed by atoms with Gasteiger partial charge in [0.2, 0.25) is 5.88 Å². The Hall–Kier alpha value is -3.09. The summed E-state index contributed by atoms with van der Waals surface area (Å²) < 4.78 is 4.93. The number of rotatable bonds is 4. The predicted molar refractivity (Wildman–Crippen MR) is 77.7 cm³/mol. The number of methoxy groups -OCH3 is 1. The van der Waals surface area contributed by atoms with Crippen molar-refractivity contribution in [3.8, 4) is 5.88 Å². The zero-order chi connectivity index (χ0) is 15.2. The fourth-order valence-electron chi connectivity index (χ4n) is 1.70. The summed E-state index contributed by atoms with van der Waals surface area (Å²) in [6.45, 7) is 0. The van der Waals surface area contributed by atoms with E-state index in [1.54, 1.807) is 36.4 Å². The number of anilines is 1. The number of hydrogen-bond donors (Lipinski definition) is 3. The van der Waals surface area contributed by atoms with Crippen molar-refractivity contribution < 1.29 is 14.7 Å². The van der Waals surface area contributed by atoms with Crippen LogP contribution in [0.15, 0.2) is 47.8 Å². The molecule has 0 unspecified atom stereocenters. The molecule has 0 spiro atoms. The molecule has 1 heterocycles. The molecule has 7 nitrogen and oxygen atoms in total. The summed E-state index contributed by atoms with van der Waals surface area (Å²) in [6, 6.07) is 9.92. The molecule has 2 aromatic rings. The van der Waals surface area contributed by atoms with Crippen LogP contribution >= 0.6 is 0 Å². The first-order valence-electron chi connectivity index (χ1n) is 6.04. The van der Waals surface area contributed by atoms with Crippen molar-refractivity contribution in [2.75, 3.05) is 12.4 Å².